The Morgan fingerprint density at radius 1 is 1.04 bits per heavy atom. The molecular formula is C16H21N7O. The summed E-state index contributed by atoms with van der Waals surface area (Å²) >= 11 is 0. The van der Waals surface area contributed by atoms with E-state index < -0.39 is 0 Å². The Hall–Kier alpha value is -2.45. The van der Waals surface area contributed by atoms with Crippen LogP contribution in [0.4, 0.5) is 0 Å². The molecule has 1 saturated heterocycles. The molecule has 0 bridgehead atoms. The van der Waals surface area contributed by atoms with Gasteiger partial charge in [0.2, 0.25) is 0 Å². The molecule has 24 heavy (non-hydrogen) atoms. The van der Waals surface area contributed by atoms with E-state index in [0.717, 1.165) is 63.0 Å². The zero-order valence-electron chi connectivity index (χ0n) is 13.5. The summed E-state index contributed by atoms with van der Waals surface area (Å²) in [6.07, 6.45) is 5.08. The van der Waals surface area contributed by atoms with Gasteiger partial charge in [-0.15, -0.1) is 0 Å². The third-order valence-electron chi connectivity index (χ3n) is 4.38. The van der Waals surface area contributed by atoms with Gasteiger partial charge in [-0.2, -0.15) is 10.2 Å². The maximum atomic E-state index is 5.91. The number of piperazine rings is 1. The van der Waals surface area contributed by atoms with Crippen LogP contribution >= 0.6 is 0 Å². The van der Waals surface area contributed by atoms with Gasteiger partial charge in [0.1, 0.15) is 24.1 Å². The Bertz CT molecular complexity index is 726. The van der Waals surface area contributed by atoms with Crippen LogP contribution in [0, 0.1) is 0 Å². The molecule has 3 aromatic heterocycles. The van der Waals surface area contributed by atoms with Crippen LogP contribution in [0.2, 0.25) is 0 Å². The Morgan fingerprint density at radius 3 is 2.67 bits per heavy atom. The largest absolute Gasteiger partial charge is 0.458 e. The molecule has 0 amide bonds. The summed E-state index contributed by atoms with van der Waals surface area (Å²) in [5.74, 6) is 1.84. The molecule has 4 rings (SSSR count). The van der Waals surface area contributed by atoms with Crippen LogP contribution in [-0.2, 0) is 13.1 Å². The van der Waals surface area contributed by atoms with Crippen molar-refractivity contribution in [2.24, 2.45) is 0 Å². The van der Waals surface area contributed by atoms with Gasteiger partial charge < -0.3 is 4.42 Å². The monoisotopic (exact) mass is 327 g/mol. The van der Waals surface area contributed by atoms with Gasteiger partial charge in [-0.25, -0.2) is 4.98 Å². The molecule has 0 spiro atoms. The Kier molecular flexibility index (Phi) is 4.39. The van der Waals surface area contributed by atoms with E-state index in [1.54, 1.807) is 18.9 Å². The summed E-state index contributed by atoms with van der Waals surface area (Å²) < 4.78 is 7.79. The van der Waals surface area contributed by atoms with E-state index in [1.165, 1.54) is 0 Å². The van der Waals surface area contributed by atoms with Gasteiger partial charge in [-0.3, -0.25) is 19.6 Å². The maximum Gasteiger partial charge on any atom is 0.152 e. The Balaban J connectivity index is 1.24. The van der Waals surface area contributed by atoms with Crippen molar-refractivity contribution in [2.75, 3.05) is 32.7 Å². The van der Waals surface area contributed by atoms with Crippen molar-refractivity contribution < 1.29 is 4.42 Å². The molecule has 8 nitrogen and oxygen atoms in total. The predicted molar refractivity (Wildman–Crippen MR) is 88.0 cm³/mol. The molecule has 0 aromatic carbocycles. The number of hydrogen-bond acceptors (Lipinski definition) is 6. The number of furan rings is 1. The topological polar surface area (TPSA) is 79.0 Å². The molecule has 126 valence electrons. The first kappa shape index (κ1) is 15.1. The van der Waals surface area contributed by atoms with Crippen molar-refractivity contribution in [1.82, 2.24) is 34.8 Å². The van der Waals surface area contributed by atoms with E-state index >= 15 is 0 Å². The first-order valence-corrected chi connectivity index (χ1v) is 8.22. The molecule has 4 heterocycles. The zero-order valence-corrected chi connectivity index (χ0v) is 13.5. The summed E-state index contributed by atoms with van der Waals surface area (Å²) in [6.45, 7) is 7.01. The molecule has 0 radical (unpaired) electrons. The number of aromatic amines is 1. The van der Waals surface area contributed by atoms with Crippen LogP contribution < -0.4 is 0 Å². The van der Waals surface area contributed by atoms with Crippen molar-refractivity contribution in [3.8, 4) is 11.5 Å². The van der Waals surface area contributed by atoms with Gasteiger partial charge in [0.05, 0.1) is 13.1 Å². The summed E-state index contributed by atoms with van der Waals surface area (Å²) in [5.41, 5.74) is 0.916. The molecular weight excluding hydrogens is 306 g/mol. The first-order valence-electron chi connectivity index (χ1n) is 8.22. The fraction of sp³-hybridized carbons (Fsp3) is 0.438. The lowest BCUT2D eigenvalue weighted by atomic mass is 10.3. The molecule has 0 aliphatic carbocycles. The van der Waals surface area contributed by atoms with E-state index in [4.69, 9.17) is 4.42 Å². The van der Waals surface area contributed by atoms with Crippen LogP contribution in [0.1, 0.15) is 5.76 Å². The zero-order chi connectivity index (χ0) is 16.2. The van der Waals surface area contributed by atoms with Gasteiger partial charge in [0.25, 0.3) is 0 Å². The summed E-state index contributed by atoms with van der Waals surface area (Å²) in [6, 6.07) is 5.96. The highest BCUT2D eigenvalue weighted by atomic mass is 16.3. The fourth-order valence-electron chi connectivity index (χ4n) is 2.98. The van der Waals surface area contributed by atoms with Crippen LogP contribution in [0.5, 0.6) is 0 Å². The standard InChI is InChI=1S/C16H21N7O/c1-2-16(15-3-4-18-20-15)24-14(1)11-22-7-5-21(6-8-22)9-10-23-13-17-12-19-23/h1-4,12-13H,5-11H2,(H,18,20). The van der Waals surface area contributed by atoms with Crippen LogP contribution in [0.15, 0.2) is 41.5 Å². The average molecular weight is 327 g/mol. The lowest BCUT2D eigenvalue weighted by molar-refractivity contribution is 0.117. The van der Waals surface area contributed by atoms with Crippen LogP contribution in [0.25, 0.3) is 11.5 Å². The Labute approximate surface area is 140 Å². The second kappa shape index (κ2) is 6.98. The minimum atomic E-state index is 0.842. The van der Waals surface area contributed by atoms with Crippen LogP contribution in [0.3, 0.4) is 0 Å². The number of H-pyrrole nitrogens is 1. The molecule has 1 fully saturated rings. The highest BCUT2D eigenvalue weighted by molar-refractivity contribution is 5.51. The number of hydrogen-bond donors (Lipinski definition) is 1. The smallest absolute Gasteiger partial charge is 0.152 e. The Morgan fingerprint density at radius 2 is 1.92 bits per heavy atom. The molecule has 1 aliphatic rings. The van der Waals surface area contributed by atoms with E-state index in [9.17, 15) is 0 Å². The SMILES string of the molecule is c1cc(-c2ccc(CN3CCN(CCn4cncn4)CC3)o2)[nH]n1. The molecule has 8 heteroatoms. The highest BCUT2D eigenvalue weighted by Gasteiger charge is 2.18. The van der Waals surface area contributed by atoms with E-state index in [2.05, 4.69) is 30.1 Å². The van der Waals surface area contributed by atoms with Crippen molar-refractivity contribution in [2.45, 2.75) is 13.1 Å². The second-order valence-electron chi connectivity index (χ2n) is 6.01. The fourth-order valence-corrected chi connectivity index (χ4v) is 2.98. The van der Waals surface area contributed by atoms with Gasteiger partial charge in [-0.05, 0) is 18.2 Å². The van der Waals surface area contributed by atoms with Gasteiger partial charge in [0, 0.05) is 38.9 Å². The molecule has 1 aliphatic heterocycles. The van der Waals surface area contributed by atoms with Crippen LogP contribution in [-0.4, -0.2) is 67.5 Å². The molecule has 0 saturated carbocycles. The third kappa shape index (κ3) is 3.55. The molecule has 3 aromatic rings. The van der Waals surface area contributed by atoms with Gasteiger partial charge in [-0.1, -0.05) is 0 Å². The van der Waals surface area contributed by atoms with E-state index in [-0.39, 0.29) is 0 Å². The lowest BCUT2D eigenvalue weighted by Gasteiger charge is -2.34. The maximum absolute atomic E-state index is 5.91. The predicted octanol–water partition coefficient (Wildman–Crippen LogP) is 1.08. The van der Waals surface area contributed by atoms with E-state index in [0.29, 0.717) is 0 Å². The molecule has 1 N–H and O–H groups in total. The normalized spacial score (nSPS) is 16.7. The minimum Gasteiger partial charge on any atom is -0.458 e. The summed E-state index contributed by atoms with van der Waals surface area (Å²) in [5, 5.41) is 11.0. The van der Waals surface area contributed by atoms with Crippen molar-refractivity contribution in [1.29, 1.82) is 0 Å². The molecule has 0 atom stereocenters. The van der Waals surface area contributed by atoms with Crippen molar-refractivity contribution >= 4 is 0 Å². The van der Waals surface area contributed by atoms with Crippen molar-refractivity contribution in [3.05, 3.63) is 42.8 Å². The number of aromatic nitrogens is 5. The lowest BCUT2D eigenvalue weighted by Crippen LogP contribution is -2.46. The number of nitrogens with one attached hydrogen (secondary N) is 1. The van der Waals surface area contributed by atoms with Crippen molar-refractivity contribution in [3.63, 3.8) is 0 Å². The van der Waals surface area contributed by atoms with E-state index in [1.807, 2.05) is 22.9 Å². The highest BCUT2D eigenvalue weighted by Crippen LogP contribution is 2.20. The first-order chi connectivity index (χ1) is 11.9. The second-order valence-corrected chi connectivity index (χ2v) is 6.01. The summed E-state index contributed by atoms with van der Waals surface area (Å²) in [7, 11) is 0. The summed E-state index contributed by atoms with van der Waals surface area (Å²) in [4.78, 5) is 8.87. The molecule has 0 unspecified atom stereocenters. The van der Waals surface area contributed by atoms with Gasteiger partial charge >= 0.3 is 0 Å². The number of nitrogens with zero attached hydrogens (tertiary/aromatic N) is 6. The third-order valence-corrected chi connectivity index (χ3v) is 4.38. The van der Waals surface area contributed by atoms with Gasteiger partial charge in [0.15, 0.2) is 5.76 Å². The number of rotatable bonds is 6. The minimum absolute atomic E-state index is 0.842. The average Bonchev–Trinajstić information content (AvgIpc) is 3.36. The quantitative estimate of drug-likeness (QED) is 0.730.